The van der Waals surface area contributed by atoms with E-state index in [0.717, 1.165) is 57.2 Å². The normalized spacial score (nSPS) is 23.4. The van der Waals surface area contributed by atoms with E-state index in [9.17, 15) is 4.79 Å². The molecule has 1 aromatic rings. The first-order valence-corrected chi connectivity index (χ1v) is 11.0. The highest BCUT2D eigenvalue weighted by Crippen LogP contribution is 2.39. The lowest BCUT2D eigenvalue weighted by atomic mass is 9.69. The SMILES string of the molecule is CC(=O)N1CCN(C2=NCC(N(C)CC3(C(C)C)C=Cc4ncccc4C3)=C2)CC1. The fourth-order valence-electron chi connectivity index (χ4n) is 4.71. The Labute approximate surface area is 180 Å². The summed E-state index contributed by atoms with van der Waals surface area (Å²) in [6.07, 6.45) is 9.70. The molecule has 1 aliphatic carbocycles. The second-order valence-corrected chi connectivity index (χ2v) is 9.11. The van der Waals surface area contributed by atoms with Crippen molar-refractivity contribution in [1.82, 2.24) is 19.7 Å². The predicted octanol–water partition coefficient (Wildman–Crippen LogP) is 2.69. The number of carbonyl (C=O) groups excluding carboxylic acids is 1. The van der Waals surface area contributed by atoms with Gasteiger partial charge in [-0.25, -0.2) is 0 Å². The number of piperazine rings is 1. The van der Waals surface area contributed by atoms with E-state index in [1.165, 1.54) is 11.3 Å². The van der Waals surface area contributed by atoms with Gasteiger partial charge in [0.25, 0.3) is 0 Å². The zero-order chi connectivity index (χ0) is 21.3. The molecular weight excluding hydrogens is 374 g/mol. The number of aromatic nitrogens is 1. The molecule has 4 rings (SSSR count). The van der Waals surface area contributed by atoms with E-state index in [1.54, 1.807) is 6.92 Å². The van der Waals surface area contributed by atoms with Crippen LogP contribution in [-0.2, 0) is 11.2 Å². The Hall–Kier alpha value is -2.63. The number of nitrogens with zero attached hydrogens (tertiary/aromatic N) is 5. The molecule has 3 aliphatic rings. The second kappa shape index (κ2) is 8.25. The van der Waals surface area contributed by atoms with Gasteiger partial charge in [0.1, 0.15) is 5.84 Å². The number of likely N-dealkylation sites (N-methyl/N-ethyl adjacent to an activating group) is 1. The van der Waals surface area contributed by atoms with Crippen molar-refractivity contribution in [2.75, 3.05) is 46.3 Å². The van der Waals surface area contributed by atoms with Crippen LogP contribution < -0.4 is 0 Å². The monoisotopic (exact) mass is 407 g/mol. The van der Waals surface area contributed by atoms with Crippen molar-refractivity contribution in [3.63, 3.8) is 0 Å². The van der Waals surface area contributed by atoms with E-state index in [0.29, 0.717) is 5.92 Å². The Kier molecular flexibility index (Phi) is 5.67. The van der Waals surface area contributed by atoms with Crippen LogP contribution >= 0.6 is 0 Å². The quantitative estimate of drug-likeness (QED) is 0.770. The van der Waals surface area contributed by atoms with E-state index in [2.05, 4.69) is 60.0 Å². The first kappa shape index (κ1) is 20.6. The molecule has 30 heavy (non-hydrogen) atoms. The smallest absolute Gasteiger partial charge is 0.219 e. The average Bonchev–Trinajstić information content (AvgIpc) is 3.24. The first-order valence-electron chi connectivity index (χ1n) is 11.0. The summed E-state index contributed by atoms with van der Waals surface area (Å²) < 4.78 is 0. The van der Waals surface area contributed by atoms with E-state index >= 15 is 0 Å². The van der Waals surface area contributed by atoms with Gasteiger partial charge in [-0.1, -0.05) is 26.0 Å². The maximum absolute atomic E-state index is 11.6. The largest absolute Gasteiger partial charge is 0.375 e. The maximum Gasteiger partial charge on any atom is 0.219 e. The lowest BCUT2D eigenvalue weighted by Crippen LogP contribution is -2.49. The highest BCUT2D eigenvalue weighted by Gasteiger charge is 2.36. The number of rotatable bonds is 4. The molecule has 1 unspecified atom stereocenters. The summed E-state index contributed by atoms with van der Waals surface area (Å²) in [5, 5.41) is 0. The number of amides is 1. The van der Waals surface area contributed by atoms with Gasteiger partial charge in [0.15, 0.2) is 0 Å². The number of hydrogen-bond donors (Lipinski definition) is 0. The van der Waals surface area contributed by atoms with Crippen LogP contribution in [0.15, 0.2) is 41.2 Å². The van der Waals surface area contributed by atoms with Crippen LogP contribution in [0.25, 0.3) is 6.08 Å². The predicted molar refractivity (Wildman–Crippen MR) is 121 cm³/mol. The summed E-state index contributed by atoms with van der Waals surface area (Å²) in [5.74, 6) is 1.74. The number of amidine groups is 1. The molecule has 0 spiro atoms. The van der Waals surface area contributed by atoms with Gasteiger partial charge in [-0.3, -0.25) is 14.8 Å². The Balaban J connectivity index is 1.43. The molecule has 0 radical (unpaired) electrons. The molecule has 1 aromatic heterocycles. The van der Waals surface area contributed by atoms with Crippen LogP contribution in [0, 0.1) is 11.3 Å². The summed E-state index contributed by atoms with van der Waals surface area (Å²) in [5.41, 5.74) is 3.79. The van der Waals surface area contributed by atoms with Crippen molar-refractivity contribution in [2.45, 2.75) is 27.2 Å². The van der Waals surface area contributed by atoms with Gasteiger partial charge in [0.2, 0.25) is 5.91 Å². The topological polar surface area (TPSA) is 52.0 Å². The summed E-state index contributed by atoms with van der Waals surface area (Å²) >= 11 is 0. The van der Waals surface area contributed by atoms with Crippen LogP contribution in [0.2, 0.25) is 0 Å². The number of aliphatic imine (C=N–C) groups is 1. The van der Waals surface area contributed by atoms with Crippen LogP contribution in [0.1, 0.15) is 32.0 Å². The van der Waals surface area contributed by atoms with Gasteiger partial charge in [0, 0.05) is 70.1 Å². The minimum Gasteiger partial charge on any atom is -0.375 e. The van der Waals surface area contributed by atoms with Gasteiger partial charge in [-0.2, -0.15) is 0 Å². The Morgan fingerprint density at radius 2 is 2.03 bits per heavy atom. The maximum atomic E-state index is 11.6. The van der Waals surface area contributed by atoms with Crippen LogP contribution in [0.3, 0.4) is 0 Å². The van der Waals surface area contributed by atoms with Crippen molar-refractivity contribution in [3.8, 4) is 0 Å². The lowest BCUT2D eigenvalue weighted by Gasteiger charge is -2.41. The fraction of sp³-hybridized carbons (Fsp3) is 0.542. The third-order valence-corrected chi connectivity index (χ3v) is 6.94. The Bertz CT molecular complexity index is 895. The van der Waals surface area contributed by atoms with Crippen molar-refractivity contribution in [2.24, 2.45) is 16.3 Å². The lowest BCUT2D eigenvalue weighted by molar-refractivity contribution is -0.130. The molecule has 6 nitrogen and oxygen atoms in total. The summed E-state index contributed by atoms with van der Waals surface area (Å²) in [4.78, 5) is 27.5. The molecule has 2 aliphatic heterocycles. The molecule has 1 amide bonds. The molecule has 6 heteroatoms. The molecule has 0 aromatic carbocycles. The van der Waals surface area contributed by atoms with Gasteiger partial charge >= 0.3 is 0 Å². The van der Waals surface area contributed by atoms with Crippen LogP contribution in [0.5, 0.6) is 0 Å². The van der Waals surface area contributed by atoms with Crippen molar-refractivity contribution in [1.29, 1.82) is 0 Å². The zero-order valence-electron chi connectivity index (χ0n) is 18.6. The minimum atomic E-state index is 0.0848. The zero-order valence-corrected chi connectivity index (χ0v) is 18.6. The van der Waals surface area contributed by atoms with Gasteiger partial charge in [-0.15, -0.1) is 0 Å². The molecule has 1 saturated heterocycles. The third kappa shape index (κ3) is 4.00. The number of carbonyl (C=O) groups is 1. The van der Waals surface area contributed by atoms with Crippen molar-refractivity contribution in [3.05, 3.63) is 47.4 Å². The minimum absolute atomic E-state index is 0.0848. The molecule has 0 N–H and O–H groups in total. The number of pyridine rings is 1. The Morgan fingerprint density at radius 3 is 2.73 bits per heavy atom. The first-order chi connectivity index (χ1) is 14.4. The van der Waals surface area contributed by atoms with Gasteiger partial charge < -0.3 is 14.7 Å². The Morgan fingerprint density at radius 1 is 1.27 bits per heavy atom. The van der Waals surface area contributed by atoms with Crippen molar-refractivity contribution >= 4 is 17.8 Å². The molecule has 1 fully saturated rings. The summed E-state index contributed by atoms with van der Waals surface area (Å²) in [6.45, 7) is 11.2. The molecule has 1 atom stereocenters. The average molecular weight is 408 g/mol. The number of hydrogen-bond acceptors (Lipinski definition) is 5. The fourth-order valence-corrected chi connectivity index (χ4v) is 4.71. The highest BCUT2D eigenvalue weighted by molar-refractivity contribution is 5.95. The van der Waals surface area contributed by atoms with E-state index in [4.69, 9.17) is 4.99 Å². The van der Waals surface area contributed by atoms with E-state index in [-0.39, 0.29) is 11.3 Å². The summed E-state index contributed by atoms with van der Waals surface area (Å²) in [6, 6.07) is 4.25. The second-order valence-electron chi connectivity index (χ2n) is 9.11. The molecule has 3 heterocycles. The standard InChI is InChI=1S/C24H33N5O/c1-18(2)24(8-7-22-20(15-24)6-5-9-25-22)17-27(4)21-14-23(26-16-21)29-12-10-28(11-13-29)19(3)30/h5-9,14,18H,10-13,15-17H2,1-4H3. The molecular formula is C24H33N5O. The highest BCUT2D eigenvalue weighted by atomic mass is 16.2. The summed E-state index contributed by atoms with van der Waals surface area (Å²) in [7, 11) is 2.19. The van der Waals surface area contributed by atoms with Gasteiger partial charge in [0.05, 0.1) is 12.2 Å². The molecule has 0 saturated carbocycles. The van der Waals surface area contributed by atoms with Gasteiger partial charge in [-0.05, 0) is 30.0 Å². The third-order valence-electron chi connectivity index (χ3n) is 6.94. The van der Waals surface area contributed by atoms with Crippen LogP contribution in [0.4, 0.5) is 0 Å². The van der Waals surface area contributed by atoms with Crippen LogP contribution in [-0.4, -0.2) is 77.7 Å². The molecule has 0 bridgehead atoms. The molecule has 160 valence electrons. The van der Waals surface area contributed by atoms with E-state index in [1.807, 2.05) is 17.2 Å². The van der Waals surface area contributed by atoms with Crippen molar-refractivity contribution < 1.29 is 4.79 Å². The van der Waals surface area contributed by atoms with E-state index < -0.39 is 0 Å². The number of fused-ring (bicyclic) bond motifs is 1.